The first-order chi connectivity index (χ1) is 6.25. The van der Waals surface area contributed by atoms with Crippen molar-refractivity contribution in [3.8, 4) is 0 Å². The van der Waals surface area contributed by atoms with Gasteiger partial charge in [-0.3, -0.25) is 0 Å². The molecule has 2 heterocycles. The second-order valence-electron chi connectivity index (χ2n) is 4.85. The van der Waals surface area contributed by atoms with Gasteiger partial charge in [-0.05, 0) is 26.1 Å². The summed E-state index contributed by atoms with van der Waals surface area (Å²) in [5.41, 5.74) is 0. The SMILES string of the molecule is CC(C)OC1CCC2[B]C1CCC2. The lowest BCUT2D eigenvalue weighted by Gasteiger charge is -2.40. The van der Waals surface area contributed by atoms with Crippen LogP contribution in [0.3, 0.4) is 0 Å². The van der Waals surface area contributed by atoms with Crippen LogP contribution < -0.4 is 0 Å². The van der Waals surface area contributed by atoms with Crippen LogP contribution in [0.15, 0.2) is 0 Å². The average molecular weight is 179 g/mol. The van der Waals surface area contributed by atoms with E-state index in [4.69, 9.17) is 4.74 Å². The third kappa shape index (κ3) is 2.28. The fraction of sp³-hybridized carbons (Fsp3) is 1.00. The van der Waals surface area contributed by atoms with Gasteiger partial charge in [0, 0.05) is 0 Å². The molecule has 2 saturated heterocycles. The minimum absolute atomic E-state index is 0.400. The van der Waals surface area contributed by atoms with Gasteiger partial charge in [0.1, 0.15) is 7.28 Å². The van der Waals surface area contributed by atoms with Gasteiger partial charge < -0.3 is 4.74 Å². The topological polar surface area (TPSA) is 9.23 Å². The molecule has 2 fully saturated rings. The Morgan fingerprint density at radius 1 is 1.15 bits per heavy atom. The van der Waals surface area contributed by atoms with Gasteiger partial charge in [0.25, 0.3) is 0 Å². The first-order valence-electron chi connectivity index (χ1n) is 5.76. The monoisotopic (exact) mass is 179 g/mol. The Balaban J connectivity index is 1.90. The van der Waals surface area contributed by atoms with Gasteiger partial charge in [0.15, 0.2) is 0 Å². The molecule has 0 amide bonds. The van der Waals surface area contributed by atoms with Gasteiger partial charge in [-0.1, -0.05) is 31.5 Å². The fourth-order valence-electron chi connectivity index (χ4n) is 2.82. The fourth-order valence-corrected chi connectivity index (χ4v) is 2.82. The van der Waals surface area contributed by atoms with Gasteiger partial charge in [-0.2, -0.15) is 0 Å². The molecule has 0 aromatic rings. The minimum atomic E-state index is 0.400. The molecule has 2 heteroatoms. The zero-order valence-electron chi connectivity index (χ0n) is 8.83. The number of hydrogen-bond donors (Lipinski definition) is 0. The Labute approximate surface area is 82.5 Å². The molecule has 2 bridgehead atoms. The molecule has 1 radical (unpaired) electrons. The second-order valence-corrected chi connectivity index (χ2v) is 4.85. The van der Waals surface area contributed by atoms with Crippen molar-refractivity contribution < 1.29 is 4.74 Å². The maximum atomic E-state index is 5.95. The van der Waals surface area contributed by atoms with Crippen molar-refractivity contribution in [3.63, 3.8) is 0 Å². The van der Waals surface area contributed by atoms with E-state index in [0.717, 1.165) is 11.6 Å². The van der Waals surface area contributed by atoms with Crippen molar-refractivity contribution in [1.82, 2.24) is 0 Å². The molecule has 2 rings (SSSR count). The van der Waals surface area contributed by atoms with Crippen molar-refractivity contribution in [2.75, 3.05) is 0 Å². The van der Waals surface area contributed by atoms with Crippen molar-refractivity contribution in [2.24, 2.45) is 0 Å². The van der Waals surface area contributed by atoms with E-state index < -0.39 is 0 Å². The lowest BCUT2D eigenvalue weighted by atomic mass is 9.43. The van der Waals surface area contributed by atoms with Gasteiger partial charge in [-0.15, -0.1) is 0 Å². The third-order valence-electron chi connectivity index (χ3n) is 3.38. The summed E-state index contributed by atoms with van der Waals surface area (Å²) in [5, 5.41) is 0. The third-order valence-corrected chi connectivity index (χ3v) is 3.38. The van der Waals surface area contributed by atoms with Crippen LogP contribution in [0, 0.1) is 0 Å². The Hall–Kier alpha value is 0.0249. The largest absolute Gasteiger partial charge is 0.376 e. The molecule has 0 saturated carbocycles. The van der Waals surface area contributed by atoms with E-state index in [1.165, 1.54) is 32.1 Å². The number of ether oxygens (including phenoxy) is 1. The highest BCUT2D eigenvalue weighted by molar-refractivity contribution is 6.40. The summed E-state index contributed by atoms with van der Waals surface area (Å²) in [4.78, 5) is 0. The summed E-state index contributed by atoms with van der Waals surface area (Å²) in [7, 11) is 2.57. The van der Waals surface area contributed by atoms with Gasteiger partial charge in [0.05, 0.1) is 12.2 Å². The van der Waals surface area contributed by atoms with E-state index in [1.54, 1.807) is 0 Å². The summed E-state index contributed by atoms with van der Waals surface area (Å²) >= 11 is 0. The van der Waals surface area contributed by atoms with Crippen LogP contribution in [-0.4, -0.2) is 19.5 Å². The highest BCUT2D eigenvalue weighted by atomic mass is 16.5. The Morgan fingerprint density at radius 2 is 2.00 bits per heavy atom. The molecule has 73 valence electrons. The summed E-state index contributed by atoms with van der Waals surface area (Å²) in [5.74, 6) is 1.70. The molecule has 3 unspecified atom stereocenters. The van der Waals surface area contributed by atoms with Crippen molar-refractivity contribution in [1.29, 1.82) is 0 Å². The average Bonchev–Trinajstić information content (AvgIpc) is 2.10. The molecule has 0 aromatic heterocycles. The standard InChI is InChI=1S/C11H20BO/c1-8(2)13-11-7-6-9-4-3-5-10(11)12-9/h8-11H,3-7H2,1-2H3. The molecule has 2 aliphatic rings. The van der Waals surface area contributed by atoms with E-state index in [2.05, 4.69) is 21.1 Å². The molecule has 0 spiro atoms. The first kappa shape index (κ1) is 9.58. The lowest BCUT2D eigenvalue weighted by Crippen LogP contribution is -2.35. The highest BCUT2D eigenvalue weighted by Gasteiger charge is 2.34. The van der Waals surface area contributed by atoms with Crippen LogP contribution in [-0.2, 0) is 4.74 Å². The smallest absolute Gasteiger partial charge is 0.121 e. The van der Waals surface area contributed by atoms with Gasteiger partial charge in [0.2, 0.25) is 0 Å². The summed E-state index contributed by atoms with van der Waals surface area (Å²) in [6.07, 6.45) is 7.83. The number of hydrogen-bond acceptors (Lipinski definition) is 1. The molecule has 1 nitrogen and oxygen atoms in total. The van der Waals surface area contributed by atoms with Crippen molar-refractivity contribution in [2.45, 2.75) is 69.8 Å². The maximum absolute atomic E-state index is 5.95. The second kappa shape index (κ2) is 4.04. The molecule has 0 aromatic carbocycles. The van der Waals surface area contributed by atoms with Crippen molar-refractivity contribution >= 4 is 7.28 Å². The predicted molar refractivity (Wildman–Crippen MR) is 56.3 cm³/mol. The normalized spacial score (nSPS) is 38.8. The van der Waals surface area contributed by atoms with E-state index in [9.17, 15) is 0 Å². The van der Waals surface area contributed by atoms with Gasteiger partial charge in [-0.25, -0.2) is 0 Å². The first-order valence-corrected chi connectivity index (χ1v) is 5.76. The van der Waals surface area contributed by atoms with Crippen LogP contribution in [0.2, 0.25) is 11.6 Å². The van der Waals surface area contributed by atoms with Gasteiger partial charge >= 0.3 is 0 Å². The van der Waals surface area contributed by atoms with Crippen molar-refractivity contribution in [3.05, 3.63) is 0 Å². The molecular formula is C11H20BO. The predicted octanol–water partition coefficient (Wildman–Crippen LogP) is 3.04. The van der Waals surface area contributed by atoms with E-state index in [1.807, 2.05) is 0 Å². The molecule has 0 aliphatic carbocycles. The number of fused-ring (bicyclic) bond motifs is 2. The summed E-state index contributed by atoms with van der Waals surface area (Å²) in [6, 6.07) is 0. The Kier molecular flexibility index (Phi) is 2.97. The zero-order chi connectivity index (χ0) is 9.26. The minimum Gasteiger partial charge on any atom is -0.376 e. The molecule has 13 heavy (non-hydrogen) atoms. The lowest BCUT2D eigenvalue weighted by molar-refractivity contribution is -0.0106. The van der Waals surface area contributed by atoms with E-state index >= 15 is 0 Å². The Morgan fingerprint density at radius 3 is 2.77 bits per heavy atom. The molecule has 3 atom stereocenters. The molecule has 0 N–H and O–H groups in total. The number of rotatable bonds is 2. The zero-order valence-corrected chi connectivity index (χ0v) is 8.83. The molecule has 2 aliphatic heterocycles. The summed E-state index contributed by atoms with van der Waals surface area (Å²) in [6.45, 7) is 4.30. The quantitative estimate of drug-likeness (QED) is 0.592. The van der Waals surface area contributed by atoms with Crippen LogP contribution in [0.4, 0.5) is 0 Å². The van der Waals surface area contributed by atoms with E-state index in [-0.39, 0.29) is 0 Å². The van der Waals surface area contributed by atoms with E-state index in [0.29, 0.717) is 12.2 Å². The van der Waals surface area contributed by atoms with Crippen LogP contribution in [0.5, 0.6) is 0 Å². The Bertz CT molecular complexity index is 169. The van der Waals surface area contributed by atoms with Crippen LogP contribution in [0.25, 0.3) is 0 Å². The van der Waals surface area contributed by atoms with Crippen LogP contribution >= 0.6 is 0 Å². The maximum Gasteiger partial charge on any atom is 0.121 e. The highest BCUT2D eigenvalue weighted by Crippen LogP contribution is 2.42. The molecular weight excluding hydrogens is 159 g/mol. The summed E-state index contributed by atoms with van der Waals surface area (Å²) < 4.78 is 5.95. The van der Waals surface area contributed by atoms with Crippen LogP contribution in [0.1, 0.15) is 46.0 Å².